The van der Waals surface area contributed by atoms with E-state index in [9.17, 15) is 9.59 Å². The molecule has 0 unspecified atom stereocenters. The maximum atomic E-state index is 12.2. The fourth-order valence-corrected chi connectivity index (χ4v) is 2.88. The summed E-state index contributed by atoms with van der Waals surface area (Å²) in [7, 11) is 0. The fourth-order valence-electron chi connectivity index (χ4n) is 2.58. The first-order valence-corrected chi connectivity index (χ1v) is 10.1. The summed E-state index contributed by atoms with van der Waals surface area (Å²) in [6.07, 6.45) is 1.45. The van der Waals surface area contributed by atoms with Crippen molar-refractivity contribution in [2.75, 3.05) is 6.61 Å². The Labute approximate surface area is 193 Å². The van der Waals surface area contributed by atoms with E-state index in [0.717, 1.165) is 0 Å². The van der Waals surface area contributed by atoms with E-state index in [4.69, 9.17) is 42.2 Å². The lowest BCUT2D eigenvalue weighted by Crippen LogP contribution is -2.17. The van der Waals surface area contributed by atoms with Crippen LogP contribution in [0.25, 0.3) is 0 Å². The highest BCUT2D eigenvalue weighted by Crippen LogP contribution is 2.29. The summed E-state index contributed by atoms with van der Waals surface area (Å²) in [4.78, 5) is 23.1. The Hall–Kier alpha value is -3.49. The lowest BCUT2D eigenvalue weighted by Gasteiger charge is -2.11. The largest absolute Gasteiger partial charge is 0.490 e. The number of rotatable bonds is 9. The van der Waals surface area contributed by atoms with Crippen molar-refractivity contribution in [1.82, 2.24) is 5.43 Å². The topological polar surface area (TPSA) is 110 Å². The summed E-state index contributed by atoms with van der Waals surface area (Å²) < 4.78 is 16.5. The number of benzene rings is 2. The molecule has 2 N–H and O–H groups in total. The molecule has 3 rings (SSSR count). The number of nitrogens with one attached hydrogen (secondary N) is 1. The van der Waals surface area contributed by atoms with Crippen LogP contribution in [0, 0.1) is 0 Å². The molecule has 1 heterocycles. The Morgan fingerprint density at radius 1 is 1.06 bits per heavy atom. The minimum absolute atomic E-state index is 0.0283. The van der Waals surface area contributed by atoms with Crippen LogP contribution in [0.1, 0.15) is 39.2 Å². The van der Waals surface area contributed by atoms with Crippen LogP contribution >= 0.6 is 23.2 Å². The van der Waals surface area contributed by atoms with Crippen LogP contribution in [0.15, 0.2) is 58.0 Å². The van der Waals surface area contributed by atoms with Crippen molar-refractivity contribution in [3.05, 3.63) is 81.2 Å². The predicted octanol–water partition coefficient (Wildman–Crippen LogP) is 5.03. The molecule has 0 aliphatic rings. The van der Waals surface area contributed by atoms with Crippen LogP contribution in [0.5, 0.6) is 11.5 Å². The van der Waals surface area contributed by atoms with Crippen LogP contribution in [0.2, 0.25) is 10.0 Å². The summed E-state index contributed by atoms with van der Waals surface area (Å²) >= 11 is 11.8. The van der Waals surface area contributed by atoms with Crippen molar-refractivity contribution < 1.29 is 28.6 Å². The Kier molecular flexibility index (Phi) is 7.75. The van der Waals surface area contributed by atoms with Gasteiger partial charge in [0, 0.05) is 5.56 Å². The Bertz CT molecular complexity index is 1160. The molecule has 10 heteroatoms. The van der Waals surface area contributed by atoms with Gasteiger partial charge in [0.1, 0.15) is 12.4 Å². The third-order valence-electron chi connectivity index (χ3n) is 4.07. The maximum Gasteiger partial charge on any atom is 0.371 e. The zero-order valence-electron chi connectivity index (χ0n) is 16.8. The number of amides is 1. The van der Waals surface area contributed by atoms with Gasteiger partial charge in [0.15, 0.2) is 11.5 Å². The van der Waals surface area contributed by atoms with E-state index in [2.05, 4.69) is 10.5 Å². The molecule has 8 nitrogen and oxygen atoms in total. The van der Waals surface area contributed by atoms with Crippen molar-refractivity contribution >= 4 is 41.3 Å². The molecular formula is C22H18Cl2N2O6. The number of halogens is 2. The minimum Gasteiger partial charge on any atom is -0.490 e. The average Bonchev–Trinajstić information content (AvgIpc) is 3.25. The molecule has 0 aliphatic heterocycles. The van der Waals surface area contributed by atoms with E-state index in [1.807, 2.05) is 6.92 Å². The van der Waals surface area contributed by atoms with Crippen LogP contribution < -0.4 is 14.9 Å². The van der Waals surface area contributed by atoms with Gasteiger partial charge in [0.25, 0.3) is 5.91 Å². The number of furan rings is 1. The van der Waals surface area contributed by atoms with Crippen molar-refractivity contribution in [1.29, 1.82) is 0 Å². The van der Waals surface area contributed by atoms with Crippen LogP contribution in [-0.4, -0.2) is 29.8 Å². The highest BCUT2D eigenvalue weighted by Gasteiger charge is 2.12. The fraction of sp³-hybridized carbons (Fsp3) is 0.136. The van der Waals surface area contributed by atoms with Gasteiger partial charge in [-0.15, -0.1) is 0 Å². The summed E-state index contributed by atoms with van der Waals surface area (Å²) in [5.41, 5.74) is 3.39. The molecule has 2 aromatic carbocycles. The highest BCUT2D eigenvalue weighted by atomic mass is 35.5. The molecule has 0 radical (unpaired) electrons. The zero-order chi connectivity index (χ0) is 23.1. The molecule has 0 bridgehead atoms. The van der Waals surface area contributed by atoms with Crippen LogP contribution in [0.3, 0.4) is 0 Å². The molecular weight excluding hydrogens is 459 g/mol. The average molecular weight is 477 g/mol. The zero-order valence-corrected chi connectivity index (χ0v) is 18.3. The molecule has 3 aromatic rings. The molecule has 166 valence electrons. The van der Waals surface area contributed by atoms with Gasteiger partial charge in [-0.3, -0.25) is 4.79 Å². The van der Waals surface area contributed by atoms with E-state index in [-0.39, 0.29) is 17.4 Å². The lowest BCUT2D eigenvalue weighted by atomic mass is 10.2. The number of carboxylic acids is 1. The number of carbonyl (C=O) groups is 2. The molecule has 0 aliphatic carbocycles. The van der Waals surface area contributed by atoms with E-state index in [0.29, 0.717) is 40.0 Å². The second-order valence-electron chi connectivity index (χ2n) is 6.33. The van der Waals surface area contributed by atoms with E-state index < -0.39 is 11.9 Å². The molecule has 0 saturated heterocycles. The van der Waals surface area contributed by atoms with Gasteiger partial charge in [-0.25, -0.2) is 10.2 Å². The normalized spacial score (nSPS) is 10.8. The van der Waals surface area contributed by atoms with Gasteiger partial charge in [0.05, 0.1) is 22.9 Å². The molecule has 0 atom stereocenters. The molecule has 1 aromatic heterocycles. The van der Waals surface area contributed by atoms with Crippen molar-refractivity contribution in [2.45, 2.75) is 13.5 Å². The van der Waals surface area contributed by atoms with Gasteiger partial charge in [-0.05, 0) is 61.0 Å². The van der Waals surface area contributed by atoms with E-state index in [1.54, 1.807) is 18.2 Å². The minimum atomic E-state index is -1.15. The summed E-state index contributed by atoms with van der Waals surface area (Å²) in [5, 5.41) is 13.5. The Balaban J connectivity index is 1.65. The summed E-state index contributed by atoms with van der Waals surface area (Å²) in [6, 6.07) is 12.5. The summed E-state index contributed by atoms with van der Waals surface area (Å²) in [6.45, 7) is 2.25. The first-order valence-electron chi connectivity index (χ1n) is 9.37. The number of hydrogen-bond acceptors (Lipinski definition) is 6. The smallest absolute Gasteiger partial charge is 0.371 e. The van der Waals surface area contributed by atoms with E-state index >= 15 is 0 Å². The van der Waals surface area contributed by atoms with Crippen molar-refractivity contribution in [2.24, 2.45) is 5.10 Å². The Morgan fingerprint density at radius 3 is 2.56 bits per heavy atom. The molecule has 0 fully saturated rings. The SMILES string of the molecule is CCOc1cc(C=NNC(=O)c2ccc(Cl)c(Cl)c2)ccc1OCc1ccc(C(=O)O)o1. The maximum absolute atomic E-state index is 12.2. The number of carbonyl (C=O) groups excluding carboxylic acids is 1. The second-order valence-corrected chi connectivity index (χ2v) is 7.14. The first kappa shape index (κ1) is 23.2. The number of hydrogen-bond donors (Lipinski definition) is 2. The lowest BCUT2D eigenvalue weighted by molar-refractivity contribution is 0.0657. The number of aromatic carboxylic acids is 1. The number of ether oxygens (including phenoxy) is 2. The molecule has 32 heavy (non-hydrogen) atoms. The monoisotopic (exact) mass is 476 g/mol. The molecule has 0 saturated carbocycles. The Morgan fingerprint density at radius 2 is 1.88 bits per heavy atom. The molecule has 0 spiro atoms. The van der Waals surface area contributed by atoms with Gasteiger partial charge in [-0.2, -0.15) is 5.10 Å². The summed E-state index contributed by atoms with van der Waals surface area (Å²) in [5.74, 6) is -0.497. The van der Waals surface area contributed by atoms with Gasteiger partial charge >= 0.3 is 5.97 Å². The molecule has 1 amide bonds. The third-order valence-corrected chi connectivity index (χ3v) is 4.81. The second kappa shape index (κ2) is 10.7. The van der Waals surface area contributed by atoms with Crippen molar-refractivity contribution in [3.63, 3.8) is 0 Å². The van der Waals surface area contributed by atoms with Gasteiger partial charge in [0.2, 0.25) is 5.76 Å². The highest BCUT2D eigenvalue weighted by molar-refractivity contribution is 6.42. The predicted molar refractivity (Wildman–Crippen MR) is 119 cm³/mol. The van der Waals surface area contributed by atoms with Gasteiger partial charge < -0.3 is 19.0 Å². The first-order chi connectivity index (χ1) is 15.4. The number of hydrazone groups is 1. The van der Waals surface area contributed by atoms with Crippen LogP contribution in [-0.2, 0) is 6.61 Å². The van der Waals surface area contributed by atoms with Crippen molar-refractivity contribution in [3.8, 4) is 11.5 Å². The quantitative estimate of drug-likeness (QED) is 0.331. The van der Waals surface area contributed by atoms with E-state index in [1.165, 1.54) is 36.5 Å². The van der Waals surface area contributed by atoms with Gasteiger partial charge in [-0.1, -0.05) is 23.2 Å². The standard InChI is InChI=1S/C22H18Cl2N2O6/c1-2-30-20-9-13(11-25-26-21(27)14-4-6-16(23)17(24)10-14)3-7-18(20)31-12-15-5-8-19(32-15)22(28)29/h3-11H,2,12H2,1H3,(H,26,27)(H,28,29). The third kappa shape index (κ3) is 6.03. The van der Waals surface area contributed by atoms with Crippen LogP contribution in [0.4, 0.5) is 0 Å². The number of carboxylic acid groups (broad SMARTS) is 1. The number of nitrogens with zero attached hydrogens (tertiary/aromatic N) is 1.